The van der Waals surface area contributed by atoms with Crippen LogP contribution in [-0.4, -0.2) is 36.5 Å². The first-order chi connectivity index (χ1) is 15.9. The lowest BCUT2D eigenvalue weighted by Crippen LogP contribution is -2.49. The zero-order chi connectivity index (χ0) is 24.1. The van der Waals surface area contributed by atoms with E-state index in [1.807, 2.05) is 81.4 Å². The molecule has 3 amide bonds. The number of benzene rings is 2. The van der Waals surface area contributed by atoms with E-state index in [4.69, 9.17) is 4.74 Å². The van der Waals surface area contributed by atoms with E-state index < -0.39 is 18.2 Å². The highest BCUT2D eigenvalue weighted by Crippen LogP contribution is 2.10. The third kappa shape index (κ3) is 10.2. The quantitative estimate of drug-likeness (QED) is 0.458. The van der Waals surface area contributed by atoms with Gasteiger partial charge >= 0.3 is 6.09 Å². The van der Waals surface area contributed by atoms with Crippen LogP contribution in [0.25, 0.3) is 0 Å². The summed E-state index contributed by atoms with van der Waals surface area (Å²) in [7, 11) is 0. The number of hydrogen-bond acceptors (Lipinski definition) is 4. The average Bonchev–Trinajstić information content (AvgIpc) is 2.78. The highest BCUT2D eigenvalue weighted by atomic mass is 16.5. The van der Waals surface area contributed by atoms with Crippen LogP contribution in [0.2, 0.25) is 0 Å². The van der Waals surface area contributed by atoms with Crippen molar-refractivity contribution in [3.05, 3.63) is 71.8 Å². The molecule has 0 radical (unpaired) electrons. The maximum Gasteiger partial charge on any atom is 0.407 e. The van der Waals surface area contributed by atoms with E-state index >= 15 is 0 Å². The summed E-state index contributed by atoms with van der Waals surface area (Å²) in [5, 5.41) is 8.42. The Morgan fingerprint density at radius 3 is 2.06 bits per heavy atom. The van der Waals surface area contributed by atoms with Crippen LogP contribution in [0.5, 0.6) is 0 Å². The predicted octanol–water partition coefficient (Wildman–Crippen LogP) is 3.58. The van der Waals surface area contributed by atoms with E-state index in [1.165, 1.54) is 0 Å². The normalized spacial score (nSPS) is 12.5. The number of likely N-dealkylation sites (N-methyl/N-ethyl adjacent to an activating group) is 1. The molecule has 0 saturated heterocycles. The van der Waals surface area contributed by atoms with Gasteiger partial charge < -0.3 is 20.7 Å². The second-order valence-corrected chi connectivity index (χ2v) is 8.44. The molecular weight excluding hydrogens is 418 g/mol. The maximum absolute atomic E-state index is 12.8. The van der Waals surface area contributed by atoms with Crippen molar-refractivity contribution in [2.24, 2.45) is 5.92 Å². The third-order valence-electron chi connectivity index (χ3n) is 5.01. The number of amides is 3. The summed E-state index contributed by atoms with van der Waals surface area (Å²) in [6.07, 6.45) is 0.489. The second kappa shape index (κ2) is 13.9. The number of carbonyl (C=O) groups is 3. The Bertz CT molecular complexity index is 872. The molecule has 0 aromatic heterocycles. The van der Waals surface area contributed by atoms with Gasteiger partial charge in [0, 0.05) is 25.4 Å². The zero-order valence-electron chi connectivity index (χ0n) is 19.7. The molecular formula is C26H35N3O4. The average molecular weight is 454 g/mol. The molecule has 2 rings (SSSR count). The Labute approximate surface area is 196 Å². The number of ether oxygens (including phenoxy) is 1. The van der Waals surface area contributed by atoms with Crippen molar-refractivity contribution in [3.8, 4) is 0 Å². The Balaban J connectivity index is 1.96. The fourth-order valence-electron chi connectivity index (χ4n) is 3.53. The standard InChI is InChI=1S/C26H35N3O4/c1-4-27-25(31)23(16-20-11-7-5-8-12-20)29-24(30)17-22(15-19(2)3)28-26(32)33-18-21-13-9-6-10-14-21/h5-14,19,22-23H,4,15-18H2,1-3H3,(H,27,31)(H,28,32)(H,29,30). The molecule has 2 aromatic carbocycles. The van der Waals surface area contributed by atoms with Crippen LogP contribution in [0.1, 0.15) is 44.7 Å². The number of hydrogen-bond donors (Lipinski definition) is 3. The van der Waals surface area contributed by atoms with Crippen LogP contribution in [0.15, 0.2) is 60.7 Å². The highest BCUT2D eigenvalue weighted by Gasteiger charge is 2.24. The zero-order valence-corrected chi connectivity index (χ0v) is 19.7. The predicted molar refractivity (Wildman–Crippen MR) is 128 cm³/mol. The molecule has 0 aliphatic rings. The number of carbonyl (C=O) groups excluding carboxylic acids is 3. The van der Waals surface area contributed by atoms with Gasteiger partial charge in [-0.2, -0.15) is 0 Å². The minimum Gasteiger partial charge on any atom is -0.445 e. The van der Waals surface area contributed by atoms with Gasteiger partial charge in [0.1, 0.15) is 12.6 Å². The molecule has 0 aliphatic carbocycles. The number of rotatable bonds is 12. The van der Waals surface area contributed by atoms with Crippen molar-refractivity contribution in [3.63, 3.8) is 0 Å². The molecule has 0 aliphatic heterocycles. The molecule has 33 heavy (non-hydrogen) atoms. The second-order valence-electron chi connectivity index (χ2n) is 8.44. The van der Waals surface area contributed by atoms with Gasteiger partial charge in [-0.3, -0.25) is 9.59 Å². The number of nitrogens with one attached hydrogen (secondary N) is 3. The lowest BCUT2D eigenvalue weighted by molar-refractivity contribution is -0.129. The Hall–Kier alpha value is -3.35. The SMILES string of the molecule is CCNC(=O)C(Cc1ccccc1)NC(=O)CC(CC(C)C)NC(=O)OCc1ccccc1. The van der Waals surface area contributed by atoms with Crippen LogP contribution < -0.4 is 16.0 Å². The summed E-state index contributed by atoms with van der Waals surface area (Å²) < 4.78 is 5.31. The summed E-state index contributed by atoms with van der Waals surface area (Å²) in [4.78, 5) is 37.7. The lowest BCUT2D eigenvalue weighted by atomic mass is 10.00. The summed E-state index contributed by atoms with van der Waals surface area (Å²) in [5.74, 6) is -0.262. The molecule has 7 nitrogen and oxygen atoms in total. The van der Waals surface area contributed by atoms with E-state index in [-0.39, 0.29) is 30.8 Å². The first-order valence-electron chi connectivity index (χ1n) is 11.5. The highest BCUT2D eigenvalue weighted by molar-refractivity contribution is 5.88. The van der Waals surface area contributed by atoms with Gasteiger partial charge in [-0.15, -0.1) is 0 Å². The smallest absolute Gasteiger partial charge is 0.407 e. The fraction of sp³-hybridized carbons (Fsp3) is 0.423. The monoisotopic (exact) mass is 453 g/mol. The molecule has 2 aromatic rings. The van der Waals surface area contributed by atoms with Crippen molar-refractivity contribution >= 4 is 17.9 Å². The largest absolute Gasteiger partial charge is 0.445 e. The number of alkyl carbamates (subject to hydrolysis) is 1. The van der Waals surface area contributed by atoms with E-state index in [9.17, 15) is 14.4 Å². The van der Waals surface area contributed by atoms with E-state index in [2.05, 4.69) is 16.0 Å². The molecule has 0 heterocycles. The Kier molecular flexibility index (Phi) is 10.9. The summed E-state index contributed by atoms with van der Waals surface area (Å²) in [6, 6.07) is 17.9. The molecule has 178 valence electrons. The Morgan fingerprint density at radius 1 is 0.879 bits per heavy atom. The van der Waals surface area contributed by atoms with Gasteiger partial charge in [0.25, 0.3) is 0 Å². The minimum absolute atomic E-state index is 0.0588. The van der Waals surface area contributed by atoms with Crippen molar-refractivity contribution < 1.29 is 19.1 Å². The van der Waals surface area contributed by atoms with Crippen LogP contribution in [0.3, 0.4) is 0 Å². The molecule has 3 N–H and O–H groups in total. The summed E-state index contributed by atoms with van der Waals surface area (Å²) in [5.41, 5.74) is 1.84. The third-order valence-corrected chi connectivity index (χ3v) is 5.01. The van der Waals surface area contributed by atoms with E-state index in [1.54, 1.807) is 0 Å². The lowest BCUT2D eigenvalue weighted by Gasteiger charge is -2.23. The van der Waals surface area contributed by atoms with Crippen LogP contribution in [-0.2, 0) is 27.4 Å². The molecule has 0 bridgehead atoms. The first kappa shape index (κ1) is 25.9. The van der Waals surface area contributed by atoms with E-state index in [0.717, 1.165) is 11.1 Å². The maximum atomic E-state index is 12.8. The molecule has 7 heteroatoms. The van der Waals surface area contributed by atoms with Gasteiger partial charge in [0.15, 0.2) is 0 Å². The van der Waals surface area contributed by atoms with Crippen LogP contribution in [0.4, 0.5) is 4.79 Å². The van der Waals surface area contributed by atoms with Crippen molar-refractivity contribution in [2.75, 3.05) is 6.54 Å². The minimum atomic E-state index is -0.690. The molecule has 2 atom stereocenters. The van der Waals surface area contributed by atoms with E-state index in [0.29, 0.717) is 19.4 Å². The first-order valence-corrected chi connectivity index (χ1v) is 11.5. The van der Waals surface area contributed by atoms with Crippen LogP contribution >= 0.6 is 0 Å². The molecule has 0 fully saturated rings. The Morgan fingerprint density at radius 2 is 1.48 bits per heavy atom. The van der Waals surface area contributed by atoms with Gasteiger partial charge in [0.05, 0.1) is 0 Å². The van der Waals surface area contributed by atoms with Gasteiger partial charge in [-0.1, -0.05) is 74.5 Å². The van der Waals surface area contributed by atoms with Crippen molar-refractivity contribution in [1.82, 2.24) is 16.0 Å². The summed E-state index contributed by atoms with van der Waals surface area (Å²) >= 11 is 0. The topological polar surface area (TPSA) is 96.5 Å². The summed E-state index contributed by atoms with van der Waals surface area (Å²) in [6.45, 7) is 6.51. The van der Waals surface area contributed by atoms with Gasteiger partial charge in [-0.25, -0.2) is 4.79 Å². The van der Waals surface area contributed by atoms with Gasteiger partial charge in [0.2, 0.25) is 11.8 Å². The van der Waals surface area contributed by atoms with Crippen LogP contribution in [0, 0.1) is 5.92 Å². The molecule has 2 unspecified atom stereocenters. The van der Waals surface area contributed by atoms with Crippen molar-refractivity contribution in [2.45, 2.75) is 58.7 Å². The fourth-order valence-corrected chi connectivity index (χ4v) is 3.53. The molecule has 0 saturated carbocycles. The molecule has 0 spiro atoms. The van der Waals surface area contributed by atoms with Crippen molar-refractivity contribution in [1.29, 1.82) is 0 Å². The van der Waals surface area contributed by atoms with Gasteiger partial charge in [-0.05, 0) is 30.4 Å².